The number of aryl methyl sites for hydroxylation is 3. The fraction of sp³-hybridized carbons (Fsp3) is 0.174. The smallest absolute Gasteiger partial charge is 0.266 e. The molecule has 9 heteroatoms. The highest BCUT2D eigenvalue weighted by Gasteiger charge is 2.20. The Balaban J connectivity index is 1.62. The van der Waals surface area contributed by atoms with E-state index in [-0.39, 0.29) is 18.1 Å². The van der Waals surface area contributed by atoms with E-state index in [0.29, 0.717) is 42.3 Å². The summed E-state index contributed by atoms with van der Waals surface area (Å²) in [5.41, 5.74) is 3.05. The number of carbonyl (C=O) groups excluding carboxylic acids is 1. The maximum absolute atomic E-state index is 12.9. The summed E-state index contributed by atoms with van der Waals surface area (Å²) in [6, 6.07) is 10.8. The number of nitrogens with one attached hydrogen (secondary N) is 2. The first-order chi connectivity index (χ1) is 15.2. The van der Waals surface area contributed by atoms with Crippen molar-refractivity contribution in [1.29, 1.82) is 0 Å². The zero-order valence-corrected chi connectivity index (χ0v) is 19.8. The lowest BCUT2D eigenvalue weighted by Crippen LogP contribution is -2.14. The molecule has 0 aliphatic carbocycles. The summed E-state index contributed by atoms with van der Waals surface area (Å²) < 4.78 is 5.67. The first-order valence-electron chi connectivity index (χ1n) is 9.72. The van der Waals surface area contributed by atoms with Crippen molar-refractivity contribution < 1.29 is 9.53 Å². The first kappa shape index (κ1) is 22.3. The van der Waals surface area contributed by atoms with E-state index in [1.165, 1.54) is 11.3 Å². The van der Waals surface area contributed by atoms with E-state index in [9.17, 15) is 9.59 Å². The van der Waals surface area contributed by atoms with Crippen LogP contribution in [0, 0.1) is 20.8 Å². The third kappa shape index (κ3) is 4.37. The van der Waals surface area contributed by atoms with E-state index in [4.69, 9.17) is 27.9 Å². The summed E-state index contributed by atoms with van der Waals surface area (Å²) in [7, 11) is 0. The molecule has 6 nitrogen and oxygen atoms in total. The fourth-order valence-electron chi connectivity index (χ4n) is 3.37. The lowest BCUT2D eigenvalue weighted by molar-refractivity contribution is 0.103. The molecule has 0 unspecified atom stereocenters. The SMILES string of the molecule is Cc1ccc(NC(=O)c2sc3nc(COc4c(Cl)cccc4Cl)[nH]c(=O)c3c2C)c(C)c1. The zero-order chi connectivity index (χ0) is 23.0. The number of amides is 1. The molecule has 0 atom stereocenters. The molecular weight excluding hydrogens is 469 g/mol. The average Bonchev–Trinajstić information content (AvgIpc) is 3.06. The third-order valence-electron chi connectivity index (χ3n) is 4.96. The van der Waals surface area contributed by atoms with Gasteiger partial charge in [-0.15, -0.1) is 11.3 Å². The number of carbonyl (C=O) groups is 1. The molecule has 0 aliphatic heterocycles. The van der Waals surface area contributed by atoms with Crippen LogP contribution in [0.2, 0.25) is 10.0 Å². The van der Waals surface area contributed by atoms with Gasteiger partial charge in [-0.05, 0) is 50.1 Å². The molecule has 4 aromatic rings. The Kier molecular flexibility index (Phi) is 6.24. The van der Waals surface area contributed by atoms with Gasteiger partial charge in [-0.1, -0.05) is 47.0 Å². The highest BCUT2D eigenvalue weighted by atomic mass is 35.5. The summed E-state index contributed by atoms with van der Waals surface area (Å²) in [5, 5.41) is 4.03. The number of hydrogen-bond donors (Lipinski definition) is 2. The number of aromatic amines is 1. The molecule has 0 aliphatic rings. The van der Waals surface area contributed by atoms with Gasteiger partial charge in [0.2, 0.25) is 0 Å². The van der Waals surface area contributed by atoms with Crippen molar-refractivity contribution in [2.24, 2.45) is 0 Å². The molecule has 0 saturated carbocycles. The Morgan fingerprint density at radius 3 is 2.56 bits per heavy atom. The van der Waals surface area contributed by atoms with Crippen LogP contribution in [0.5, 0.6) is 5.75 Å². The summed E-state index contributed by atoms with van der Waals surface area (Å²) >= 11 is 13.4. The van der Waals surface area contributed by atoms with Crippen molar-refractivity contribution >= 4 is 56.3 Å². The molecular formula is C23H19Cl2N3O3S. The number of halogens is 2. The molecule has 164 valence electrons. The van der Waals surface area contributed by atoms with Gasteiger partial charge in [-0.3, -0.25) is 9.59 Å². The summed E-state index contributed by atoms with van der Waals surface area (Å²) in [6.45, 7) is 5.64. The maximum atomic E-state index is 12.9. The van der Waals surface area contributed by atoms with Crippen LogP contribution in [0.3, 0.4) is 0 Å². The first-order valence-corrected chi connectivity index (χ1v) is 11.3. The van der Waals surface area contributed by atoms with Gasteiger partial charge >= 0.3 is 0 Å². The van der Waals surface area contributed by atoms with Crippen LogP contribution in [0.4, 0.5) is 5.69 Å². The number of anilines is 1. The highest BCUT2D eigenvalue weighted by molar-refractivity contribution is 7.20. The van der Waals surface area contributed by atoms with Crippen LogP contribution in [-0.4, -0.2) is 15.9 Å². The zero-order valence-electron chi connectivity index (χ0n) is 17.5. The predicted octanol–water partition coefficient (Wildman–Crippen LogP) is 6.05. The monoisotopic (exact) mass is 487 g/mol. The number of para-hydroxylation sites is 1. The normalized spacial score (nSPS) is 11.0. The molecule has 0 bridgehead atoms. The van der Waals surface area contributed by atoms with E-state index in [0.717, 1.165) is 16.8 Å². The Bertz CT molecular complexity index is 1390. The molecule has 2 aromatic heterocycles. The van der Waals surface area contributed by atoms with Crippen LogP contribution in [0.15, 0.2) is 41.2 Å². The minimum absolute atomic E-state index is 0.0321. The number of aromatic nitrogens is 2. The van der Waals surface area contributed by atoms with Crippen LogP contribution in [0.1, 0.15) is 32.2 Å². The van der Waals surface area contributed by atoms with Crippen LogP contribution >= 0.6 is 34.5 Å². The number of thiophene rings is 1. The van der Waals surface area contributed by atoms with E-state index < -0.39 is 0 Å². The van der Waals surface area contributed by atoms with Crippen molar-refractivity contribution in [3.63, 3.8) is 0 Å². The minimum Gasteiger partial charge on any atom is -0.483 e. The molecule has 0 fully saturated rings. The second-order valence-corrected chi connectivity index (χ2v) is 9.17. The van der Waals surface area contributed by atoms with Crippen molar-refractivity contribution in [3.05, 3.63) is 84.2 Å². The number of fused-ring (bicyclic) bond motifs is 1. The maximum Gasteiger partial charge on any atom is 0.266 e. The molecule has 0 spiro atoms. The number of hydrogen-bond acceptors (Lipinski definition) is 5. The van der Waals surface area contributed by atoms with E-state index in [1.807, 2.05) is 32.0 Å². The molecule has 1 amide bonds. The Hall–Kier alpha value is -2.87. The molecule has 32 heavy (non-hydrogen) atoms. The second kappa shape index (κ2) is 8.94. The second-order valence-electron chi connectivity index (χ2n) is 7.36. The van der Waals surface area contributed by atoms with Crippen molar-refractivity contribution in [2.75, 3.05) is 5.32 Å². The van der Waals surface area contributed by atoms with Gasteiger partial charge in [0, 0.05) is 5.69 Å². The number of benzene rings is 2. The fourth-order valence-corrected chi connectivity index (χ4v) is 4.97. The predicted molar refractivity (Wildman–Crippen MR) is 130 cm³/mol. The van der Waals surface area contributed by atoms with Crippen LogP contribution < -0.4 is 15.6 Å². The van der Waals surface area contributed by atoms with E-state index in [2.05, 4.69) is 15.3 Å². The quantitative estimate of drug-likeness (QED) is 0.358. The highest BCUT2D eigenvalue weighted by Crippen LogP contribution is 2.33. The molecule has 0 radical (unpaired) electrons. The molecule has 2 aromatic carbocycles. The van der Waals surface area contributed by atoms with Crippen molar-refractivity contribution in [2.45, 2.75) is 27.4 Å². The van der Waals surface area contributed by atoms with Gasteiger partial charge in [0.25, 0.3) is 11.5 Å². The standard InChI is InChI=1S/C23H19Cl2N3O3S/c1-11-7-8-16(12(2)9-11)26-22(30)20-13(3)18-21(29)27-17(28-23(18)32-20)10-31-19-14(24)5-4-6-15(19)25/h4-9H,10H2,1-3H3,(H,26,30)(H,27,28,29). The molecule has 2 heterocycles. The molecule has 2 N–H and O–H groups in total. The summed E-state index contributed by atoms with van der Waals surface area (Å²) in [5.74, 6) is 0.341. The Labute approximate surface area is 198 Å². The molecule has 4 rings (SSSR count). The summed E-state index contributed by atoms with van der Waals surface area (Å²) in [6.07, 6.45) is 0. The van der Waals surface area contributed by atoms with Crippen molar-refractivity contribution in [1.82, 2.24) is 9.97 Å². The van der Waals surface area contributed by atoms with Gasteiger partial charge in [0.15, 0.2) is 5.75 Å². The lowest BCUT2D eigenvalue weighted by atomic mass is 10.1. The number of rotatable bonds is 5. The van der Waals surface area contributed by atoms with Crippen LogP contribution in [0.25, 0.3) is 10.2 Å². The lowest BCUT2D eigenvalue weighted by Gasteiger charge is -2.09. The average molecular weight is 488 g/mol. The van der Waals surface area contributed by atoms with E-state index >= 15 is 0 Å². The number of nitrogens with zero attached hydrogens (tertiary/aromatic N) is 1. The molecule has 0 saturated heterocycles. The number of H-pyrrole nitrogens is 1. The van der Waals surface area contributed by atoms with Gasteiger partial charge in [0.1, 0.15) is 17.3 Å². The topological polar surface area (TPSA) is 84.1 Å². The minimum atomic E-state index is -0.335. The summed E-state index contributed by atoms with van der Waals surface area (Å²) in [4.78, 5) is 33.7. The van der Waals surface area contributed by atoms with Gasteiger partial charge in [0.05, 0.1) is 20.3 Å². The van der Waals surface area contributed by atoms with Crippen molar-refractivity contribution in [3.8, 4) is 5.75 Å². The van der Waals surface area contributed by atoms with Crippen LogP contribution in [-0.2, 0) is 6.61 Å². The largest absolute Gasteiger partial charge is 0.483 e. The van der Waals surface area contributed by atoms with Gasteiger partial charge in [-0.2, -0.15) is 0 Å². The van der Waals surface area contributed by atoms with Gasteiger partial charge < -0.3 is 15.0 Å². The number of ether oxygens (including phenoxy) is 1. The van der Waals surface area contributed by atoms with E-state index in [1.54, 1.807) is 25.1 Å². The van der Waals surface area contributed by atoms with Gasteiger partial charge in [-0.25, -0.2) is 4.98 Å². The third-order valence-corrected chi connectivity index (χ3v) is 6.74. The Morgan fingerprint density at radius 1 is 1.16 bits per heavy atom. The Morgan fingerprint density at radius 2 is 1.88 bits per heavy atom.